The number of aromatic nitrogens is 3. The first-order chi connectivity index (χ1) is 8.05. The van der Waals surface area contributed by atoms with Crippen molar-refractivity contribution in [2.45, 2.75) is 12.3 Å². The van der Waals surface area contributed by atoms with E-state index in [1.807, 2.05) is 0 Å². The van der Waals surface area contributed by atoms with Gasteiger partial charge in [-0.2, -0.15) is 5.10 Å². The number of sulfone groups is 1. The Kier molecular flexibility index (Phi) is 2.12. The largest absolute Gasteiger partial charge is 0.396 e. The van der Waals surface area contributed by atoms with Crippen molar-refractivity contribution < 1.29 is 8.42 Å². The number of anilines is 1. The van der Waals surface area contributed by atoms with E-state index < -0.39 is 9.84 Å². The van der Waals surface area contributed by atoms with Gasteiger partial charge in [0.1, 0.15) is 0 Å². The minimum absolute atomic E-state index is 0.0979. The Hall–Kier alpha value is -1.63. The molecule has 1 unspecified atom stereocenters. The second kappa shape index (κ2) is 3.43. The summed E-state index contributed by atoms with van der Waals surface area (Å²) in [6, 6.07) is 3.53. The highest BCUT2D eigenvalue weighted by Gasteiger charge is 2.31. The lowest BCUT2D eigenvalue weighted by atomic mass is 10.1. The molecule has 0 aromatic carbocycles. The molecule has 2 aromatic rings. The zero-order valence-electron chi connectivity index (χ0n) is 9.07. The van der Waals surface area contributed by atoms with Crippen LogP contribution in [0.5, 0.6) is 0 Å². The molecule has 0 radical (unpaired) electrons. The maximum atomic E-state index is 11.4. The van der Waals surface area contributed by atoms with Gasteiger partial charge < -0.3 is 5.73 Å². The first-order valence-corrected chi connectivity index (χ1v) is 7.18. The molecule has 2 aromatic heterocycles. The van der Waals surface area contributed by atoms with Crippen LogP contribution in [0.4, 0.5) is 5.69 Å². The van der Waals surface area contributed by atoms with E-state index in [9.17, 15) is 8.42 Å². The standard InChI is InChI=1S/C10H12N4O2S/c11-8-2-1-4-14-10(8)12-9(13-14)7-3-5-17(15,16)6-7/h1-2,4,7H,3,5-6,11H2. The minimum Gasteiger partial charge on any atom is -0.396 e. The predicted octanol–water partition coefficient (Wildman–Crippen LogP) is 0.214. The van der Waals surface area contributed by atoms with E-state index in [4.69, 9.17) is 5.73 Å². The Labute approximate surface area is 98.4 Å². The molecule has 3 rings (SSSR count). The Balaban J connectivity index is 2.05. The first-order valence-electron chi connectivity index (χ1n) is 5.36. The Morgan fingerprint density at radius 1 is 1.47 bits per heavy atom. The van der Waals surface area contributed by atoms with Gasteiger partial charge in [-0.25, -0.2) is 17.9 Å². The number of nitrogen functional groups attached to an aromatic ring is 1. The number of rotatable bonds is 1. The van der Waals surface area contributed by atoms with Crippen LogP contribution in [0, 0.1) is 0 Å². The van der Waals surface area contributed by atoms with Crippen LogP contribution >= 0.6 is 0 Å². The summed E-state index contributed by atoms with van der Waals surface area (Å²) < 4.78 is 24.4. The van der Waals surface area contributed by atoms with Gasteiger partial charge >= 0.3 is 0 Å². The summed E-state index contributed by atoms with van der Waals surface area (Å²) in [5.74, 6) is 0.843. The quantitative estimate of drug-likeness (QED) is 0.783. The molecule has 1 atom stereocenters. The van der Waals surface area contributed by atoms with Crippen molar-refractivity contribution in [1.82, 2.24) is 14.6 Å². The third kappa shape index (κ3) is 1.76. The molecule has 0 amide bonds. The van der Waals surface area contributed by atoms with Gasteiger partial charge in [-0.05, 0) is 18.6 Å². The van der Waals surface area contributed by atoms with Crippen LogP contribution in [0.1, 0.15) is 18.2 Å². The smallest absolute Gasteiger partial charge is 0.178 e. The average Bonchev–Trinajstić information content (AvgIpc) is 2.82. The van der Waals surface area contributed by atoms with Gasteiger partial charge in [0.25, 0.3) is 0 Å². The molecular formula is C10H12N4O2S. The van der Waals surface area contributed by atoms with E-state index >= 15 is 0 Å². The molecule has 0 saturated carbocycles. The molecule has 0 aliphatic carbocycles. The molecule has 1 fully saturated rings. The summed E-state index contributed by atoms with van der Waals surface area (Å²) in [6.07, 6.45) is 2.35. The van der Waals surface area contributed by atoms with Crippen molar-refractivity contribution >= 4 is 21.2 Å². The van der Waals surface area contributed by atoms with E-state index in [1.54, 1.807) is 22.8 Å². The molecule has 17 heavy (non-hydrogen) atoms. The Morgan fingerprint density at radius 2 is 2.29 bits per heavy atom. The molecule has 2 N–H and O–H groups in total. The number of nitrogens with zero attached hydrogens (tertiary/aromatic N) is 3. The van der Waals surface area contributed by atoms with E-state index in [1.165, 1.54) is 0 Å². The zero-order valence-corrected chi connectivity index (χ0v) is 9.89. The van der Waals surface area contributed by atoms with Gasteiger partial charge in [-0.15, -0.1) is 0 Å². The highest BCUT2D eigenvalue weighted by molar-refractivity contribution is 7.91. The second-order valence-electron chi connectivity index (χ2n) is 4.30. The van der Waals surface area contributed by atoms with Crippen LogP contribution in [0.25, 0.3) is 5.65 Å². The van der Waals surface area contributed by atoms with Crippen molar-refractivity contribution in [2.75, 3.05) is 17.2 Å². The monoisotopic (exact) mass is 252 g/mol. The lowest BCUT2D eigenvalue weighted by Crippen LogP contribution is -2.05. The lowest BCUT2D eigenvalue weighted by Gasteiger charge is -1.98. The number of hydrogen-bond acceptors (Lipinski definition) is 5. The number of pyridine rings is 1. The minimum atomic E-state index is -2.91. The fraction of sp³-hybridized carbons (Fsp3) is 0.400. The van der Waals surface area contributed by atoms with E-state index in [2.05, 4.69) is 10.1 Å². The summed E-state index contributed by atoms with van der Waals surface area (Å²) in [5, 5.41) is 4.28. The van der Waals surface area contributed by atoms with E-state index in [-0.39, 0.29) is 17.4 Å². The molecule has 0 spiro atoms. The van der Waals surface area contributed by atoms with Gasteiger partial charge in [0.15, 0.2) is 21.3 Å². The maximum absolute atomic E-state index is 11.4. The highest BCUT2D eigenvalue weighted by atomic mass is 32.2. The predicted molar refractivity (Wildman–Crippen MR) is 63.4 cm³/mol. The topological polar surface area (TPSA) is 90.4 Å². The van der Waals surface area contributed by atoms with Gasteiger partial charge in [0, 0.05) is 12.1 Å². The van der Waals surface area contributed by atoms with Crippen molar-refractivity contribution in [1.29, 1.82) is 0 Å². The summed E-state index contributed by atoms with van der Waals surface area (Å²) in [6.45, 7) is 0. The normalized spacial score (nSPS) is 23.2. The SMILES string of the molecule is Nc1cccn2nc(C3CCS(=O)(=O)C3)nc12. The van der Waals surface area contributed by atoms with Crippen LogP contribution in [-0.4, -0.2) is 34.5 Å². The lowest BCUT2D eigenvalue weighted by molar-refractivity contribution is 0.601. The van der Waals surface area contributed by atoms with Crippen molar-refractivity contribution in [3.8, 4) is 0 Å². The molecule has 1 saturated heterocycles. The van der Waals surface area contributed by atoms with Gasteiger partial charge in [-0.1, -0.05) is 0 Å². The average molecular weight is 252 g/mol. The van der Waals surface area contributed by atoms with Crippen LogP contribution in [-0.2, 0) is 9.84 Å². The molecule has 90 valence electrons. The summed E-state index contributed by atoms with van der Waals surface area (Å²) in [7, 11) is -2.91. The highest BCUT2D eigenvalue weighted by Crippen LogP contribution is 2.27. The summed E-state index contributed by atoms with van der Waals surface area (Å²) in [5.41, 5.74) is 6.92. The van der Waals surface area contributed by atoms with Crippen LogP contribution < -0.4 is 5.73 Å². The molecule has 6 nitrogen and oxygen atoms in total. The van der Waals surface area contributed by atoms with E-state index in [0.29, 0.717) is 23.6 Å². The Morgan fingerprint density at radius 3 is 2.94 bits per heavy atom. The molecule has 3 heterocycles. The van der Waals surface area contributed by atoms with Crippen molar-refractivity contribution in [3.63, 3.8) is 0 Å². The van der Waals surface area contributed by atoms with Crippen LogP contribution in [0.15, 0.2) is 18.3 Å². The van der Waals surface area contributed by atoms with Crippen molar-refractivity contribution in [2.24, 2.45) is 0 Å². The Bertz CT molecular complexity index is 677. The number of fused-ring (bicyclic) bond motifs is 1. The third-order valence-corrected chi connectivity index (χ3v) is 4.77. The molecule has 1 aliphatic heterocycles. The number of nitrogens with two attached hydrogens (primary N) is 1. The summed E-state index contributed by atoms with van der Waals surface area (Å²) >= 11 is 0. The van der Waals surface area contributed by atoms with Gasteiger partial charge in [0.2, 0.25) is 0 Å². The summed E-state index contributed by atoms with van der Waals surface area (Å²) in [4.78, 5) is 4.32. The van der Waals surface area contributed by atoms with Gasteiger partial charge in [-0.3, -0.25) is 0 Å². The first kappa shape index (κ1) is 10.5. The maximum Gasteiger partial charge on any atom is 0.178 e. The fourth-order valence-corrected chi connectivity index (χ4v) is 3.85. The van der Waals surface area contributed by atoms with E-state index in [0.717, 1.165) is 0 Å². The van der Waals surface area contributed by atoms with Gasteiger partial charge in [0.05, 0.1) is 17.2 Å². The molecule has 1 aliphatic rings. The molecular weight excluding hydrogens is 240 g/mol. The molecule has 7 heteroatoms. The zero-order chi connectivity index (χ0) is 12.0. The van der Waals surface area contributed by atoms with Crippen molar-refractivity contribution in [3.05, 3.63) is 24.2 Å². The second-order valence-corrected chi connectivity index (χ2v) is 6.53. The molecule has 0 bridgehead atoms. The number of hydrogen-bond donors (Lipinski definition) is 1. The fourth-order valence-electron chi connectivity index (χ4n) is 2.11. The van der Waals surface area contributed by atoms with Crippen LogP contribution in [0.3, 0.4) is 0 Å². The third-order valence-electron chi connectivity index (χ3n) is 3.01. The van der Waals surface area contributed by atoms with Crippen LogP contribution in [0.2, 0.25) is 0 Å².